The number of rotatable bonds is 4. The van der Waals surface area contributed by atoms with Crippen LogP contribution in [0.2, 0.25) is 0 Å². The number of aromatic nitrogens is 2. The first-order chi connectivity index (χ1) is 10.7. The third-order valence-corrected chi connectivity index (χ3v) is 4.26. The van der Waals surface area contributed by atoms with Crippen LogP contribution in [0.4, 0.5) is 11.8 Å². The minimum atomic E-state index is 0.337. The predicted molar refractivity (Wildman–Crippen MR) is 88.0 cm³/mol. The molecule has 22 heavy (non-hydrogen) atoms. The van der Waals surface area contributed by atoms with Gasteiger partial charge in [0, 0.05) is 24.8 Å². The number of nitrogen functional groups attached to an aromatic ring is 1. The van der Waals surface area contributed by atoms with Crippen LogP contribution < -0.4 is 10.6 Å². The molecular weight excluding hydrogens is 276 g/mol. The molecule has 0 radical (unpaired) electrons. The molecule has 3 N–H and O–H groups in total. The van der Waals surface area contributed by atoms with Crippen LogP contribution in [-0.4, -0.2) is 28.2 Å². The number of aromatic hydroxyl groups is 1. The fourth-order valence-corrected chi connectivity index (χ4v) is 3.14. The molecule has 2 aromatic rings. The van der Waals surface area contributed by atoms with E-state index in [0.717, 1.165) is 43.7 Å². The van der Waals surface area contributed by atoms with Crippen molar-refractivity contribution in [2.24, 2.45) is 5.92 Å². The molecule has 1 unspecified atom stereocenters. The fourth-order valence-electron chi connectivity index (χ4n) is 3.14. The summed E-state index contributed by atoms with van der Waals surface area (Å²) in [7, 11) is 0. The molecule has 1 atom stereocenters. The van der Waals surface area contributed by atoms with Gasteiger partial charge in [0.05, 0.1) is 0 Å². The number of phenols is 1. The van der Waals surface area contributed by atoms with Gasteiger partial charge in [-0.25, -0.2) is 4.98 Å². The van der Waals surface area contributed by atoms with E-state index < -0.39 is 0 Å². The van der Waals surface area contributed by atoms with Crippen molar-refractivity contribution in [3.05, 3.63) is 41.6 Å². The number of nitrogens with zero attached hydrogens (tertiary/aromatic N) is 3. The molecular formula is C17H22N4O. The molecule has 0 aliphatic carbocycles. The first-order valence-electron chi connectivity index (χ1n) is 7.80. The maximum Gasteiger partial charge on any atom is 0.221 e. The van der Waals surface area contributed by atoms with E-state index in [-0.39, 0.29) is 0 Å². The summed E-state index contributed by atoms with van der Waals surface area (Å²) >= 11 is 0. The SMILES string of the molecule is CCc1cnc(N)nc1N1CCC(Cc2cccc(O)c2)C1. The van der Waals surface area contributed by atoms with E-state index in [4.69, 9.17) is 5.73 Å². The van der Waals surface area contributed by atoms with Crippen molar-refractivity contribution >= 4 is 11.8 Å². The Labute approximate surface area is 130 Å². The highest BCUT2D eigenvalue weighted by atomic mass is 16.3. The molecule has 0 bridgehead atoms. The van der Waals surface area contributed by atoms with Gasteiger partial charge in [-0.3, -0.25) is 0 Å². The maximum absolute atomic E-state index is 9.57. The molecule has 0 saturated carbocycles. The number of benzene rings is 1. The van der Waals surface area contributed by atoms with Gasteiger partial charge in [-0.05, 0) is 42.9 Å². The Bertz CT molecular complexity index is 659. The summed E-state index contributed by atoms with van der Waals surface area (Å²) in [5.41, 5.74) is 8.08. The van der Waals surface area contributed by atoms with Gasteiger partial charge in [0.1, 0.15) is 11.6 Å². The Morgan fingerprint density at radius 3 is 3.05 bits per heavy atom. The molecule has 3 rings (SSSR count). The fraction of sp³-hybridized carbons (Fsp3) is 0.412. The van der Waals surface area contributed by atoms with E-state index in [0.29, 0.717) is 17.6 Å². The summed E-state index contributed by atoms with van der Waals surface area (Å²) < 4.78 is 0. The van der Waals surface area contributed by atoms with E-state index in [2.05, 4.69) is 27.9 Å². The summed E-state index contributed by atoms with van der Waals surface area (Å²) in [6.07, 6.45) is 4.85. The quantitative estimate of drug-likeness (QED) is 0.906. The van der Waals surface area contributed by atoms with E-state index in [1.165, 1.54) is 5.56 Å². The van der Waals surface area contributed by atoms with Crippen LogP contribution in [0.25, 0.3) is 0 Å². The topological polar surface area (TPSA) is 75.3 Å². The average molecular weight is 298 g/mol. The third-order valence-electron chi connectivity index (χ3n) is 4.26. The second-order valence-electron chi connectivity index (χ2n) is 5.91. The van der Waals surface area contributed by atoms with Crippen LogP contribution in [0.3, 0.4) is 0 Å². The summed E-state index contributed by atoms with van der Waals surface area (Å²) in [4.78, 5) is 10.8. The van der Waals surface area contributed by atoms with Gasteiger partial charge in [-0.2, -0.15) is 4.98 Å². The lowest BCUT2D eigenvalue weighted by atomic mass is 9.98. The minimum absolute atomic E-state index is 0.337. The molecule has 1 aliphatic heterocycles. The maximum atomic E-state index is 9.57. The van der Waals surface area contributed by atoms with E-state index in [1.807, 2.05) is 18.3 Å². The van der Waals surface area contributed by atoms with Crippen LogP contribution in [0.15, 0.2) is 30.5 Å². The molecule has 0 spiro atoms. The average Bonchev–Trinajstić information content (AvgIpc) is 2.95. The highest BCUT2D eigenvalue weighted by Gasteiger charge is 2.25. The van der Waals surface area contributed by atoms with Gasteiger partial charge in [-0.1, -0.05) is 19.1 Å². The molecule has 1 aliphatic rings. The van der Waals surface area contributed by atoms with Crippen molar-refractivity contribution in [1.29, 1.82) is 0 Å². The zero-order valence-electron chi connectivity index (χ0n) is 12.9. The number of anilines is 2. The largest absolute Gasteiger partial charge is 0.508 e. The lowest BCUT2D eigenvalue weighted by Gasteiger charge is -2.20. The number of nitrogens with two attached hydrogens (primary N) is 1. The van der Waals surface area contributed by atoms with Crippen molar-refractivity contribution in [3.8, 4) is 5.75 Å². The molecule has 5 heteroatoms. The normalized spacial score (nSPS) is 17.9. The Hall–Kier alpha value is -2.30. The second kappa shape index (κ2) is 6.22. The number of aryl methyl sites for hydroxylation is 1. The van der Waals surface area contributed by atoms with Gasteiger partial charge in [0.25, 0.3) is 0 Å². The van der Waals surface area contributed by atoms with Gasteiger partial charge >= 0.3 is 0 Å². The molecule has 0 amide bonds. The Morgan fingerprint density at radius 1 is 1.41 bits per heavy atom. The first kappa shape index (κ1) is 14.6. The minimum Gasteiger partial charge on any atom is -0.508 e. The summed E-state index contributed by atoms with van der Waals surface area (Å²) in [6.45, 7) is 4.07. The predicted octanol–water partition coefficient (Wildman–Crippen LogP) is 2.40. The molecule has 2 heterocycles. The van der Waals surface area contributed by atoms with E-state index >= 15 is 0 Å². The van der Waals surface area contributed by atoms with Crippen LogP contribution >= 0.6 is 0 Å². The van der Waals surface area contributed by atoms with Gasteiger partial charge in [0.15, 0.2) is 0 Å². The number of hydrogen-bond donors (Lipinski definition) is 2. The van der Waals surface area contributed by atoms with Crippen LogP contribution in [0, 0.1) is 5.92 Å². The molecule has 116 valence electrons. The Kier molecular flexibility index (Phi) is 4.13. The highest BCUT2D eigenvalue weighted by molar-refractivity contribution is 5.49. The van der Waals surface area contributed by atoms with E-state index in [9.17, 15) is 5.11 Å². The Morgan fingerprint density at radius 2 is 2.27 bits per heavy atom. The third kappa shape index (κ3) is 3.13. The van der Waals surface area contributed by atoms with Crippen LogP contribution in [0.5, 0.6) is 5.75 Å². The molecule has 1 saturated heterocycles. The van der Waals surface area contributed by atoms with Crippen molar-refractivity contribution in [2.45, 2.75) is 26.2 Å². The van der Waals surface area contributed by atoms with E-state index in [1.54, 1.807) is 6.07 Å². The number of phenolic OH excluding ortho intramolecular Hbond substituents is 1. The molecule has 1 aromatic heterocycles. The summed E-state index contributed by atoms with van der Waals surface area (Å²) in [6, 6.07) is 7.53. The van der Waals surface area contributed by atoms with Gasteiger partial charge in [0.2, 0.25) is 5.95 Å². The zero-order valence-corrected chi connectivity index (χ0v) is 12.9. The van der Waals surface area contributed by atoms with Crippen LogP contribution in [-0.2, 0) is 12.8 Å². The van der Waals surface area contributed by atoms with Gasteiger partial charge in [-0.15, -0.1) is 0 Å². The van der Waals surface area contributed by atoms with Crippen molar-refractivity contribution in [1.82, 2.24) is 9.97 Å². The molecule has 1 aromatic carbocycles. The zero-order chi connectivity index (χ0) is 15.5. The second-order valence-corrected chi connectivity index (χ2v) is 5.91. The lowest BCUT2D eigenvalue weighted by Crippen LogP contribution is -2.23. The number of hydrogen-bond acceptors (Lipinski definition) is 5. The van der Waals surface area contributed by atoms with Crippen LogP contribution in [0.1, 0.15) is 24.5 Å². The smallest absolute Gasteiger partial charge is 0.221 e. The summed E-state index contributed by atoms with van der Waals surface area (Å²) in [5.74, 6) is 2.23. The van der Waals surface area contributed by atoms with Crippen molar-refractivity contribution < 1.29 is 5.11 Å². The lowest BCUT2D eigenvalue weighted by molar-refractivity contribution is 0.473. The standard InChI is InChI=1S/C17H22N4O/c1-2-14-10-19-17(18)20-16(14)21-7-6-13(11-21)8-12-4-3-5-15(22)9-12/h3-5,9-10,13,22H,2,6-8,11H2,1H3,(H2,18,19,20). The molecule has 5 nitrogen and oxygen atoms in total. The summed E-state index contributed by atoms with van der Waals surface area (Å²) in [5, 5.41) is 9.57. The van der Waals surface area contributed by atoms with Crippen molar-refractivity contribution in [3.63, 3.8) is 0 Å². The highest BCUT2D eigenvalue weighted by Crippen LogP contribution is 2.28. The first-order valence-corrected chi connectivity index (χ1v) is 7.80. The Balaban J connectivity index is 1.71. The monoisotopic (exact) mass is 298 g/mol. The molecule has 1 fully saturated rings. The van der Waals surface area contributed by atoms with Crippen molar-refractivity contribution in [2.75, 3.05) is 23.7 Å². The van der Waals surface area contributed by atoms with Gasteiger partial charge < -0.3 is 15.7 Å².